The quantitative estimate of drug-likeness (QED) is 0.847. The molecule has 0 bridgehead atoms. The second-order valence-corrected chi connectivity index (χ2v) is 7.32. The SMILES string of the molecule is CCS(=O)(=O)c1ccccc1C(=O)NC1CC(C(=O)O)C1. The molecule has 21 heavy (non-hydrogen) atoms. The summed E-state index contributed by atoms with van der Waals surface area (Å²) in [5.74, 6) is -1.85. The molecule has 7 heteroatoms. The number of carbonyl (C=O) groups excluding carboxylic acids is 1. The molecule has 0 radical (unpaired) electrons. The zero-order valence-electron chi connectivity index (χ0n) is 11.6. The molecule has 0 aliphatic heterocycles. The van der Waals surface area contributed by atoms with Crippen LogP contribution in [0, 0.1) is 5.92 Å². The van der Waals surface area contributed by atoms with Crippen molar-refractivity contribution in [1.29, 1.82) is 0 Å². The molecular weight excluding hydrogens is 294 g/mol. The summed E-state index contributed by atoms with van der Waals surface area (Å²) in [4.78, 5) is 22.9. The summed E-state index contributed by atoms with van der Waals surface area (Å²) in [6.07, 6.45) is 0.757. The summed E-state index contributed by atoms with van der Waals surface area (Å²) in [5, 5.41) is 11.5. The van der Waals surface area contributed by atoms with Crippen LogP contribution < -0.4 is 5.32 Å². The second-order valence-electron chi connectivity index (χ2n) is 5.08. The molecule has 1 aliphatic rings. The van der Waals surface area contributed by atoms with Crippen LogP contribution >= 0.6 is 0 Å². The maximum Gasteiger partial charge on any atom is 0.306 e. The first-order valence-corrected chi connectivity index (χ1v) is 8.36. The van der Waals surface area contributed by atoms with Gasteiger partial charge in [0.05, 0.1) is 22.1 Å². The lowest BCUT2D eigenvalue weighted by Gasteiger charge is -2.32. The molecule has 2 rings (SSSR count). The fourth-order valence-corrected chi connectivity index (χ4v) is 3.37. The van der Waals surface area contributed by atoms with Crippen LogP contribution in [0.3, 0.4) is 0 Å². The number of carboxylic acid groups (broad SMARTS) is 1. The molecule has 1 amide bonds. The number of sulfone groups is 1. The van der Waals surface area contributed by atoms with Gasteiger partial charge in [-0.25, -0.2) is 8.42 Å². The van der Waals surface area contributed by atoms with Gasteiger partial charge < -0.3 is 10.4 Å². The lowest BCUT2D eigenvalue weighted by Crippen LogP contribution is -2.46. The van der Waals surface area contributed by atoms with Crippen LogP contribution in [0.15, 0.2) is 29.2 Å². The summed E-state index contributed by atoms with van der Waals surface area (Å²) in [6, 6.07) is 5.84. The Balaban J connectivity index is 2.13. The lowest BCUT2D eigenvalue weighted by molar-refractivity contribution is -0.145. The zero-order chi connectivity index (χ0) is 15.6. The van der Waals surface area contributed by atoms with Crippen LogP contribution in [0.2, 0.25) is 0 Å². The zero-order valence-corrected chi connectivity index (χ0v) is 12.4. The van der Waals surface area contributed by atoms with Crippen LogP contribution in [-0.4, -0.2) is 37.2 Å². The molecule has 0 atom stereocenters. The van der Waals surface area contributed by atoms with E-state index < -0.39 is 27.6 Å². The molecule has 0 heterocycles. The van der Waals surface area contributed by atoms with Crippen molar-refractivity contribution in [3.63, 3.8) is 0 Å². The van der Waals surface area contributed by atoms with Crippen molar-refractivity contribution < 1.29 is 23.1 Å². The summed E-state index contributed by atoms with van der Waals surface area (Å²) >= 11 is 0. The largest absolute Gasteiger partial charge is 0.481 e. The number of amides is 1. The Morgan fingerprint density at radius 1 is 1.29 bits per heavy atom. The van der Waals surface area contributed by atoms with E-state index in [-0.39, 0.29) is 22.3 Å². The van der Waals surface area contributed by atoms with Crippen LogP contribution in [0.1, 0.15) is 30.1 Å². The average molecular weight is 311 g/mol. The molecule has 0 spiro atoms. The average Bonchev–Trinajstić information content (AvgIpc) is 2.41. The third-order valence-corrected chi connectivity index (χ3v) is 5.46. The van der Waals surface area contributed by atoms with E-state index >= 15 is 0 Å². The highest BCUT2D eigenvalue weighted by Crippen LogP contribution is 2.28. The van der Waals surface area contributed by atoms with E-state index in [2.05, 4.69) is 5.32 Å². The molecule has 0 aromatic heterocycles. The molecule has 1 aliphatic carbocycles. The Morgan fingerprint density at radius 3 is 2.48 bits per heavy atom. The molecule has 6 nitrogen and oxygen atoms in total. The Kier molecular flexibility index (Phi) is 4.32. The van der Waals surface area contributed by atoms with Gasteiger partial charge in [-0.1, -0.05) is 19.1 Å². The summed E-state index contributed by atoms with van der Waals surface area (Å²) in [7, 11) is -3.48. The maximum absolute atomic E-state index is 12.2. The number of rotatable bonds is 5. The number of aliphatic carboxylic acids is 1. The van der Waals surface area contributed by atoms with Crippen molar-refractivity contribution in [1.82, 2.24) is 5.32 Å². The molecule has 1 aromatic carbocycles. The summed E-state index contributed by atoms with van der Waals surface area (Å²) in [6.45, 7) is 1.52. The minimum atomic E-state index is -3.48. The second kappa shape index (κ2) is 5.85. The van der Waals surface area contributed by atoms with Crippen molar-refractivity contribution in [2.24, 2.45) is 5.92 Å². The molecule has 0 unspecified atom stereocenters. The number of benzene rings is 1. The van der Waals surface area contributed by atoms with Gasteiger partial charge in [-0.3, -0.25) is 9.59 Å². The monoisotopic (exact) mass is 311 g/mol. The van der Waals surface area contributed by atoms with Gasteiger partial charge in [0.25, 0.3) is 5.91 Å². The maximum atomic E-state index is 12.2. The first-order chi connectivity index (χ1) is 9.85. The third kappa shape index (κ3) is 3.24. The van der Waals surface area contributed by atoms with E-state index in [1.165, 1.54) is 19.1 Å². The third-order valence-electron chi connectivity index (χ3n) is 3.67. The summed E-state index contributed by atoms with van der Waals surface area (Å²) < 4.78 is 24.0. The van der Waals surface area contributed by atoms with Crippen molar-refractivity contribution in [2.45, 2.75) is 30.7 Å². The van der Waals surface area contributed by atoms with Crippen molar-refractivity contribution in [3.8, 4) is 0 Å². The van der Waals surface area contributed by atoms with Gasteiger partial charge in [-0.15, -0.1) is 0 Å². The minimum Gasteiger partial charge on any atom is -0.481 e. The Bertz CT molecular complexity index is 662. The van der Waals surface area contributed by atoms with Gasteiger partial charge in [0.2, 0.25) is 0 Å². The van der Waals surface area contributed by atoms with Gasteiger partial charge in [-0.05, 0) is 25.0 Å². The highest BCUT2D eigenvalue weighted by molar-refractivity contribution is 7.91. The number of nitrogens with one attached hydrogen (secondary N) is 1. The van der Waals surface area contributed by atoms with E-state index in [4.69, 9.17) is 5.11 Å². The standard InChI is InChI=1S/C14H17NO5S/c1-2-21(19,20)12-6-4-3-5-11(12)13(16)15-10-7-9(8-10)14(17)18/h3-6,9-10H,2,7-8H2,1H3,(H,15,16)(H,17,18). The molecule has 2 N–H and O–H groups in total. The summed E-state index contributed by atoms with van der Waals surface area (Å²) in [5.41, 5.74) is 0.109. The number of carbonyl (C=O) groups is 2. The van der Waals surface area contributed by atoms with E-state index in [1.54, 1.807) is 12.1 Å². The van der Waals surface area contributed by atoms with Gasteiger partial charge in [0, 0.05) is 6.04 Å². The first kappa shape index (κ1) is 15.5. The normalized spacial score (nSPS) is 21.4. The van der Waals surface area contributed by atoms with Gasteiger partial charge in [0.1, 0.15) is 0 Å². The van der Waals surface area contributed by atoms with Crippen molar-refractivity contribution in [3.05, 3.63) is 29.8 Å². The first-order valence-electron chi connectivity index (χ1n) is 6.70. The van der Waals surface area contributed by atoms with Gasteiger partial charge in [0.15, 0.2) is 9.84 Å². The highest BCUT2D eigenvalue weighted by Gasteiger charge is 2.35. The predicted octanol–water partition coefficient (Wildman–Crippen LogP) is 1.07. The van der Waals surface area contributed by atoms with E-state index in [1.807, 2.05) is 0 Å². The molecule has 114 valence electrons. The number of hydrogen-bond acceptors (Lipinski definition) is 4. The fourth-order valence-electron chi connectivity index (χ4n) is 2.28. The van der Waals surface area contributed by atoms with E-state index in [0.717, 1.165) is 0 Å². The molecule has 1 aromatic rings. The Labute approximate surface area is 123 Å². The van der Waals surface area contributed by atoms with Crippen molar-refractivity contribution in [2.75, 3.05) is 5.75 Å². The van der Waals surface area contributed by atoms with Gasteiger partial charge in [-0.2, -0.15) is 0 Å². The minimum absolute atomic E-state index is 0.0131. The van der Waals surface area contributed by atoms with E-state index in [9.17, 15) is 18.0 Å². The van der Waals surface area contributed by atoms with E-state index in [0.29, 0.717) is 12.8 Å². The smallest absolute Gasteiger partial charge is 0.306 e. The predicted molar refractivity (Wildman–Crippen MR) is 75.8 cm³/mol. The Hall–Kier alpha value is -1.89. The fraction of sp³-hybridized carbons (Fsp3) is 0.429. The number of hydrogen-bond donors (Lipinski definition) is 2. The van der Waals surface area contributed by atoms with Crippen molar-refractivity contribution >= 4 is 21.7 Å². The molecule has 1 fully saturated rings. The number of carboxylic acids is 1. The van der Waals surface area contributed by atoms with Crippen LogP contribution in [-0.2, 0) is 14.6 Å². The highest BCUT2D eigenvalue weighted by atomic mass is 32.2. The Morgan fingerprint density at radius 2 is 1.90 bits per heavy atom. The van der Waals surface area contributed by atoms with Crippen LogP contribution in [0.5, 0.6) is 0 Å². The van der Waals surface area contributed by atoms with Crippen LogP contribution in [0.25, 0.3) is 0 Å². The van der Waals surface area contributed by atoms with Crippen LogP contribution in [0.4, 0.5) is 0 Å². The lowest BCUT2D eigenvalue weighted by atomic mass is 9.80. The molecule has 1 saturated carbocycles. The van der Waals surface area contributed by atoms with Gasteiger partial charge >= 0.3 is 5.97 Å². The molecule has 0 saturated heterocycles. The molecular formula is C14H17NO5S. The topological polar surface area (TPSA) is 101 Å².